The largest absolute Gasteiger partial charge is 0.486 e. The molecular formula is C18H19NO4. The number of nitrogens with one attached hydrogen (secondary N) is 1. The van der Waals surface area contributed by atoms with Crippen LogP contribution in [-0.4, -0.2) is 25.7 Å². The fraction of sp³-hybridized carbons (Fsp3) is 0.278. The Bertz CT molecular complexity index is 727. The Labute approximate surface area is 135 Å². The fourth-order valence-corrected chi connectivity index (χ4v) is 2.32. The number of ether oxygens (including phenoxy) is 3. The summed E-state index contributed by atoms with van der Waals surface area (Å²) in [6.07, 6.45) is 0. The van der Waals surface area contributed by atoms with Crippen LogP contribution in [-0.2, 0) is 4.79 Å². The van der Waals surface area contributed by atoms with Crippen molar-refractivity contribution in [1.82, 2.24) is 0 Å². The molecule has 0 unspecified atom stereocenters. The first kappa shape index (κ1) is 15.2. The molecular weight excluding hydrogens is 294 g/mol. The van der Waals surface area contributed by atoms with Crippen LogP contribution in [0.15, 0.2) is 36.4 Å². The van der Waals surface area contributed by atoms with Crippen LogP contribution in [0.5, 0.6) is 17.2 Å². The summed E-state index contributed by atoms with van der Waals surface area (Å²) >= 11 is 0. The van der Waals surface area contributed by atoms with E-state index in [9.17, 15) is 4.79 Å². The van der Waals surface area contributed by atoms with E-state index in [-0.39, 0.29) is 12.5 Å². The number of amides is 1. The predicted molar refractivity (Wildman–Crippen MR) is 87.5 cm³/mol. The summed E-state index contributed by atoms with van der Waals surface area (Å²) < 4.78 is 16.5. The van der Waals surface area contributed by atoms with Gasteiger partial charge in [-0.25, -0.2) is 0 Å². The number of aryl methyl sites for hydroxylation is 2. The van der Waals surface area contributed by atoms with Crippen LogP contribution >= 0.6 is 0 Å². The lowest BCUT2D eigenvalue weighted by Crippen LogP contribution is -2.21. The standard InChI is InChI=1S/C18H19NO4/c1-12-3-4-13(2)16(9-12)23-11-18(20)19-14-5-6-15-17(10-14)22-8-7-21-15/h3-6,9-10H,7-8,11H2,1-2H3,(H,19,20). The molecule has 1 amide bonds. The highest BCUT2D eigenvalue weighted by Crippen LogP contribution is 2.32. The minimum Gasteiger partial charge on any atom is -0.486 e. The molecule has 23 heavy (non-hydrogen) atoms. The highest BCUT2D eigenvalue weighted by Gasteiger charge is 2.13. The minimum atomic E-state index is -0.220. The molecule has 0 aliphatic carbocycles. The number of anilines is 1. The number of fused-ring (bicyclic) bond motifs is 1. The van der Waals surface area contributed by atoms with Crippen LogP contribution in [0.1, 0.15) is 11.1 Å². The average Bonchev–Trinajstić information content (AvgIpc) is 2.55. The second-order valence-corrected chi connectivity index (χ2v) is 5.46. The molecule has 3 rings (SSSR count). The molecule has 0 radical (unpaired) electrons. The summed E-state index contributed by atoms with van der Waals surface area (Å²) in [6, 6.07) is 11.2. The van der Waals surface area contributed by atoms with Crippen LogP contribution in [0.25, 0.3) is 0 Å². The van der Waals surface area contributed by atoms with Crippen LogP contribution in [0.3, 0.4) is 0 Å². The number of rotatable bonds is 4. The molecule has 0 bridgehead atoms. The van der Waals surface area contributed by atoms with Crippen LogP contribution < -0.4 is 19.5 Å². The van der Waals surface area contributed by atoms with E-state index in [1.54, 1.807) is 18.2 Å². The lowest BCUT2D eigenvalue weighted by molar-refractivity contribution is -0.118. The lowest BCUT2D eigenvalue weighted by Gasteiger charge is -2.19. The van der Waals surface area contributed by atoms with E-state index in [0.29, 0.717) is 30.4 Å². The highest BCUT2D eigenvalue weighted by molar-refractivity contribution is 5.92. The zero-order valence-corrected chi connectivity index (χ0v) is 13.2. The zero-order valence-electron chi connectivity index (χ0n) is 13.2. The maximum Gasteiger partial charge on any atom is 0.262 e. The van der Waals surface area contributed by atoms with Crippen molar-refractivity contribution in [3.8, 4) is 17.2 Å². The molecule has 1 aliphatic heterocycles. The Morgan fingerprint density at radius 2 is 1.87 bits per heavy atom. The Kier molecular flexibility index (Phi) is 4.37. The second-order valence-electron chi connectivity index (χ2n) is 5.46. The van der Waals surface area contributed by atoms with E-state index >= 15 is 0 Å². The van der Waals surface area contributed by atoms with Crippen LogP contribution in [0.2, 0.25) is 0 Å². The van der Waals surface area contributed by atoms with Gasteiger partial charge in [-0.2, -0.15) is 0 Å². The summed E-state index contributed by atoms with van der Waals surface area (Å²) in [7, 11) is 0. The maximum atomic E-state index is 12.0. The van der Waals surface area contributed by atoms with Gasteiger partial charge in [-0.05, 0) is 43.2 Å². The van der Waals surface area contributed by atoms with Gasteiger partial charge in [0.15, 0.2) is 18.1 Å². The van der Waals surface area contributed by atoms with E-state index in [0.717, 1.165) is 16.9 Å². The Hall–Kier alpha value is -2.69. The first-order valence-corrected chi connectivity index (χ1v) is 7.51. The van der Waals surface area contributed by atoms with Gasteiger partial charge in [0.05, 0.1) is 0 Å². The average molecular weight is 313 g/mol. The van der Waals surface area contributed by atoms with Crippen molar-refractivity contribution in [3.05, 3.63) is 47.5 Å². The number of benzene rings is 2. The van der Waals surface area contributed by atoms with Gasteiger partial charge in [0.25, 0.3) is 5.91 Å². The quantitative estimate of drug-likeness (QED) is 0.942. The summed E-state index contributed by atoms with van der Waals surface area (Å²) in [5.74, 6) is 1.84. The molecule has 1 aliphatic rings. The summed E-state index contributed by atoms with van der Waals surface area (Å²) in [4.78, 5) is 12.0. The maximum absolute atomic E-state index is 12.0. The Morgan fingerprint density at radius 1 is 1.09 bits per heavy atom. The van der Waals surface area contributed by atoms with Crippen molar-refractivity contribution < 1.29 is 19.0 Å². The van der Waals surface area contributed by atoms with Gasteiger partial charge in [-0.3, -0.25) is 4.79 Å². The molecule has 0 atom stereocenters. The summed E-state index contributed by atoms with van der Waals surface area (Å²) in [6.45, 7) is 4.95. The Balaban J connectivity index is 1.60. The van der Waals surface area contributed by atoms with Gasteiger partial charge in [0, 0.05) is 11.8 Å². The smallest absolute Gasteiger partial charge is 0.262 e. The summed E-state index contributed by atoms with van der Waals surface area (Å²) in [5.41, 5.74) is 2.75. The third kappa shape index (κ3) is 3.74. The zero-order chi connectivity index (χ0) is 16.2. The van der Waals surface area contributed by atoms with Crippen LogP contribution in [0.4, 0.5) is 5.69 Å². The van der Waals surface area contributed by atoms with Crippen molar-refractivity contribution in [2.24, 2.45) is 0 Å². The van der Waals surface area contributed by atoms with E-state index in [2.05, 4.69) is 5.32 Å². The normalized spacial score (nSPS) is 12.6. The van der Waals surface area contributed by atoms with Crippen molar-refractivity contribution in [1.29, 1.82) is 0 Å². The summed E-state index contributed by atoms with van der Waals surface area (Å²) in [5, 5.41) is 2.80. The number of carbonyl (C=O) groups is 1. The molecule has 0 fully saturated rings. The molecule has 0 saturated carbocycles. The number of carbonyl (C=O) groups excluding carboxylic acids is 1. The van der Waals surface area contributed by atoms with Gasteiger partial charge in [0.2, 0.25) is 0 Å². The third-order valence-corrected chi connectivity index (χ3v) is 3.53. The molecule has 1 heterocycles. The molecule has 5 heteroatoms. The molecule has 0 saturated heterocycles. The first-order chi connectivity index (χ1) is 11.1. The van der Waals surface area contributed by atoms with E-state index < -0.39 is 0 Å². The van der Waals surface area contributed by atoms with Crippen molar-refractivity contribution in [3.63, 3.8) is 0 Å². The lowest BCUT2D eigenvalue weighted by atomic mass is 10.1. The van der Waals surface area contributed by atoms with Gasteiger partial charge in [0.1, 0.15) is 19.0 Å². The second kappa shape index (κ2) is 6.60. The number of hydrogen-bond acceptors (Lipinski definition) is 4. The van der Waals surface area contributed by atoms with E-state index in [1.807, 2.05) is 32.0 Å². The Morgan fingerprint density at radius 3 is 2.70 bits per heavy atom. The molecule has 0 aromatic heterocycles. The van der Waals surface area contributed by atoms with Gasteiger partial charge < -0.3 is 19.5 Å². The van der Waals surface area contributed by atoms with Crippen LogP contribution in [0, 0.1) is 13.8 Å². The minimum absolute atomic E-state index is 0.0429. The van der Waals surface area contributed by atoms with Crippen molar-refractivity contribution >= 4 is 11.6 Å². The van der Waals surface area contributed by atoms with Crippen molar-refractivity contribution in [2.45, 2.75) is 13.8 Å². The topological polar surface area (TPSA) is 56.8 Å². The number of hydrogen-bond donors (Lipinski definition) is 1. The monoisotopic (exact) mass is 313 g/mol. The van der Waals surface area contributed by atoms with E-state index in [4.69, 9.17) is 14.2 Å². The first-order valence-electron chi connectivity index (χ1n) is 7.51. The molecule has 5 nitrogen and oxygen atoms in total. The molecule has 2 aromatic rings. The molecule has 0 spiro atoms. The SMILES string of the molecule is Cc1ccc(C)c(OCC(=O)Nc2ccc3c(c2)OCCO3)c1. The molecule has 1 N–H and O–H groups in total. The van der Waals surface area contributed by atoms with Crippen molar-refractivity contribution in [2.75, 3.05) is 25.1 Å². The van der Waals surface area contributed by atoms with E-state index in [1.165, 1.54) is 0 Å². The predicted octanol–water partition coefficient (Wildman–Crippen LogP) is 3.09. The third-order valence-electron chi connectivity index (χ3n) is 3.53. The highest BCUT2D eigenvalue weighted by atomic mass is 16.6. The molecule has 120 valence electrons. The van der Waals surface area contributed by atoms with Gasteiger partial charge in [-0.1, -0.05) is 12.1 Å². The van der Waals surface area contributed by atoms with Gasteiger partial charge in [-0.15, -0.1) is 0 Å². The fourth-order valence-electron chi connectivity index (χ4n) is 2.32. The molecule has 2 aromatic carbocycles. The van der Waals surface area contributed by atoms with Gasteiger partial charge >= 0.3 is 0 Å².